The number of unbranched alkanes of at least 4 members (excludes halogenated alkanes) is 2. The fraction of sp³-hybridized carbons (Fsp3) is 0.522. The predicted octanol–water partition coefficient (Wildman–Crippen LogP) is 4.93. The van der Waals surface area contributed by atoms with Crippen molar-refractivity contribution < 1.29 is 14.7 Å². The van der Waals surface area contributed by atoms with E-state index in [1.165, 1.54) is 11.8 Å². The summed E-state index contributed by atoms with van der Waals surface area (Å²) in [7, 11) is 0. The minimum absolute atomic E-state index is 0.0124. The number of aliphatic carboxylic acids is 1. The molecule has 6 nitrogen and oxygen atoms in total. The number of carbonyl (C=O) groups is 2. The largest absolute Gasteiger partial charge is 0.480 e. The number of imidazole rings is 1. The van der Waals surface area contributed by atoms with Crippen molar-refractivity contribution in [2.45, 2.75) is 69.1 Å². The van der Waals surface area contributed by atoms with Crippen molar-refractivity contribution in [3.8, 4) is 11.4 Å². The predicted molar refractivity (Wildman–Crippen MR) is 120 cm³/mol. The Morgan fingerprint density at radius 1 is 1.13 bits per heavy atom. The van der Waals surface area contributed by atoms with E-state index in [9.17, 15) is 14.7 Å². The van der Waals surface area contributed by atoms with E-state index in [0.29, 0.717) is 5.69 Å². The lowest BCUT2D eigenvalue weighted by Gasteiger charge is -2.18. The topological polar surface area (TPSA) is 75.4 Å². The highest BCUT2D eigenvalue weighted by Crippen LogP contribution is 2.34. The van der Waals surface area contributed by atoms with Crippen molar-refractivity contribution in [3.63, 3.8) is 0 Å². The highest BCUT2D eigenvalue weighted by molar-refractivity contribution is 8.01. The fourth-order valence-corrected chi connectivity index (χ4v) is 4.49. The molecule has 162 valence electrons. The molecule has 3 rings (SSSR count). The van der Waals surface area contributed by atoms with Crippen molar-refractivity contribution in [1.29, 1.82) is 0 Å². The minimum atomic E-state index is -0.893. The van der Waals surface area contributed by atoms with Crippen molar-refractivity contribution in [2.75, 3.05) is 13.1 Å². The Morgan fingerprint density at radius 2 is 1.80 bits per heavy atom. The highest BCUT2D eigenvalue weighted by Gasteiger charge is 2.28. The van der Waals surface area contributed by atoms with Crippen LogP contribution in [-0.4, -0.2) is 49.3 Å². The standard InChI is InChI=1S/C23H31N3O3S/c1-4-5-6-15-26-16-19(21(27)25-13-7-8-14-25)24-20(26)17-9-11-18(12-10-17)30-23(2,3)22(28)29/h9-12,16H,4-8,13-15H2,1-3H3,(H,28,29). The summed E-state index contributed by atoms with van der Waals surface area (Å²) in [5, 5.41) is 9.35. The van der Waals surface area contributed by atoms with Gasteiger partial charge in [-0.05, 0) is 45.2 Å². The van der Waals surface area contributed by atoms with E-state index in [4.69, 9.17) is 4.98 Å². The van der Waals surface area contributed by atoms with Crippen molar-refractivity contribution in [3.05, 3.63) is 36.2 Å². The number of amides is 1. The molecule has 0 radical (unpaired) electrons. The smallest absolute Gasteiger partial charge is 0.319 e. The summed E-state index contributed by atoms with van der Waals surface area (Å²) in [5.41, 5.74) is 1.44. The molecule has 0 saturated carbocycles. The van der Waals surface area contributed by atoms with E-state index in [2.05, 4.69) is 11.5 Å². The third kappa shape index (κ3) is 5.25. The van der Waals surface area contributed by atoms with Gasteiger partial charge in [0, 0.05) is 36.3 Å². The van der Waals surface area contributed by atoms with Crippen LogP contribution in [-0.2, 0) is 11.3 Å². The maximum atomic E-state index is 12.8. The van der Waals surface area contributed by atoms with Gasteiger partial charge in [-0.2, -0.15) is 0 Å². The van der Waals surface area contributed by atoms with E-state index in [1.807, 2.05) is 35.4 Å². The third-order valence-corrected chi connectivity index (χ3v) is 6.58. The van der Waals surface area contributed by atoms with Crippen LogP contribution < -0.4 is 0 Å². The molecular formula is C23H31N3O3S. The number of carbonyl (C=O) groups excluding carboxylic acids is 1. The number of aryl methyl sites for hydroxylation is 1. The molecule has 2 heterocycles. The molecule has 7 heteroatoms. The van der Waals surface area contributed by atoms with Crippen molar-refractivity contribution >= 4 is 23.6 Å². The van der Waals surface area contributed by atoms with Gasteiger partial charge in [0.25, 0.3) is 5.91 Å². The number of rotatable bonds is 9. The summed E-state index contributed by atoms with van der Waals surface area (Å²) in [4.78, 5) is 31.7. The molecule has 2 aromatic rings. The van der Waals surface area contributed by atoms with Crippen LogP contribution in [0.1, 0.15) is 63.4 Å². The van der Waals surface area contributed by atoms with Crippen molar-refractivity contribution in [2.24, 2.45) is 0 Å². The van der Waals surface area contributed by atoms with Gasteiger partial charge >= 0.3 is 5.97 Å². The quantitative estimate of drug-likeness (QED) is 0.452. The Balaban J connectivity index is 1.85. The molecule has 1 amide bonds. The molecule has 1 aliphatic heterocycles. The first kappa shape index (κ1) is 22.4. The first-order chi connectivity index (χ1) is 14.3. The van der Waals surface area contributed by atoms with Gasteiger partial charge in [0.2, 0.25) is 0 Å². The van der Waals surface area contributed by atoms with Crippen LogP contribution in [0.2, 0.25) is 0 Å². The minimum Gasteiger partial charge on any atom is -0.480 e. The number of likely N-dealkylation sites (tertiary alicyclic amines) is 1. The van der Waals surface area contributed by atoms with Gasteiger partial charge in [-0.15, -0.1) is 11.8 Å². The summed E-state index contributed by atoms with van der Waals surface area (Å²) < 4.78 is 1.19. The molecule has 0 unspecified atom stereocenters. The second-order valence-corrected chi connectivity index (χ2v) is 9.99. The molecule has 1 saturated heterocycles. The average molecular weight is 430 g/mol. The van der Waals surface area contributed by atoms with Crippen LogP contribution in [0.25, 0.3) is 11.4 Å². The molecule has 1 fully saturated rings. The van der Waals surface area contributed by atoms with Gasteiger partial charge in [-0.3, -0.25) is 9.59 Å². The molecule has 0 atom stereocenters. The Morgan fingerprint density at radius 3 is 2.40 bits per heavy atom. The molecular weight excluding hydrogens is 398 g/mol. The molecule has 0 spiro atoms. The van der Waals surface area contributed by atoms with Gasteiger partial charge in [-0.25, -0.2) is 4.98 Å². The Hall–Kier alpha value is -2.28. The summed E-state index contributed by atoms with van der Waals surface area (Å²) >= 11 is 1.32. The summed E-state index contributed by atoms with van der Waals surface area (Å²) in [5.74, 6) is -0.0332. The van der Waals surface area contributed by atoms with Crippen LogP contribution in [0.4, 0.5) is 0 Å². The van der Waals surface area contributed by atoms with E-state index in [0.717, 1.165) is 68.0 Å². The summed E-state index contributed by atoms with van der Waals surface area (Å²) in [6, 6.07) is 7.78. The number of thioether (sulfide) groups is 1. The summed E-state index contributed by atoms with van der Waals surface area (Å²) in [6.07, 6.45) is 7.31. The molecule has 1 aliphatic rings. The molecule has 1 N–H and O–H groups in total. The Bertz CT molecular complexity index is 884. The van der Waals surface area contributed by atoms with Crippen LogP contribution in [0, 0.1) is 0 Å². The normalized spacial score (nSPS) is 14.3. The van der Waals surface area contributed by atoms with E-state index >= 15 is 0 Å². The second kappa shape index (κ2) is 9.69. The average Bonchev–Trinajstić information content (AvgIpc) is 3.38. The number of carboxylic acids is 1. The first-order valence-electron chi connectivity index (χ1n) is 10.7. The number of benzene rings is 1. The molecule has 30 heavy (non-hydrogen) atoms. The number of nitrogens with zero attached hydrogens (tertiary/aromatic N) is 3. The Kier molecular flexibility index (Phi) is 7.23. The zero-order valence-corrected chi connectivity index (χ0v) is 18.9. The summed E-state index contributed by atoms with van der Waals surface area (Å²) in [6.45, 7) is 8.01. The fourth-order valence-electron chi connectivity index (χ4n) is 3.54. The van der Waals surface area contributed by atoms with Gasteiger partial charge in [0.05, 0.1) is 0 Å². The van der Waals surface area contributed by atoms with Gasteiger partial charge < -0.3 is 14.6 Å². The van der Waals surface area contributed by atoms with Gasteiger partial charge in [0.15, 0.2) is 0 Å². The van der Waals surface area contributed by atoms with E-state index < -0.39 is 10.7 Å². The SMILES string of the molecule is CCCCCn1cc(C(=O)N2CCCC2)nc1-c1ccc(SC(C)(C)C(=O)O)cc1. The lowest BCUT2D eigenvalue weighted by atomic mass is 10.2. The molecule has 1 aromatic heterocycles. The van der Waals surface area contributed by atoms with Crippen LogP contribution in [0.3, 0.4) is 0 Å². The van der Waals surface area contributed by atoms with Crippen molar-refractivity contribution in [1.82, 2.24) is 14.5 Å². The van der Waals surface area contributed by atoms with Crippen LogP contribution in [0.15, 0.2) is 35.4 Å². The molecule has 0 aliphatic carbocycles. The van der Waals surface area contributed by atoms with Crippen LogP contribution >= 0.6 is 11.8 Å². The lowest BCUT2D eigenvalue weighted by Crippen LogP contribution is -2.27. The number of carboxylic acid groups (broad SMARTS) is 1. The number of aromatic nitrogens is 2. The van der Waals surface area contributed by atoms with Gasteiger partial charge in [-0.1, -0.05) is 31.9 Å². The zero-order chi connectivity index (χ0) is 21.7. The highest BCUT2D eigenvalue weighted by atomic mass is 32.2. The van der Waals surface area contributed by atoms with Crippen LogP contribution in [0.5, 0.6) is 0 Å². The maximum Gasteiger partial charge on any atom is 0.319 e. The third-order valence-electron chi connectivity index (χ3n) is 5.39. The molecule has 0 bridgehead atoms. The second-order valence-electron chi connectivity index (χ2n) is 8.29. The Labute approximate surface area is 182 Å². The van der Waals surface area contributed by atoms with Gasteiger partial charge in [0.1, 0.15) is 16.3 Å². The lowest BCUT2D eigenvalue weighted by molar-refractivity contribution is -0.138. The zero-order valence-electron chi connectivity index (χ0n) is 18.1. The van der Waals surface area contributed by atoms with E-state index in [1.54, 1.807) is 13.8 Å². The van der Waals surface area contributed by atoms with E-state index in [-0.39, 0.29) is 5.91 Å². The maximum absolute atomic E-state index is 12.8. The monoisotopic (exact) mass is 429 g/mol. The number of hydrogen-bond acceptors (Lipinski definition) is 4. The molecule has 1 aromatic carbocycles. The first-order valence-corrected chi connectivity index (χ1v) is 11.5. The number of hydrogen-bond donors (Lipinski definition) is 1.